The van der Waals surface area contributed by atoms with Crippen molar-refractivity contribution in [2.45, 2.75) is 182 Å². The third-order valence-corrected chi connectivity index (χ3v) is 17.9. The van der Waals surface area contributed by atoms with E-state index in [1.807, 2.05) is 12.2 Å². The van der Waals surface area contributed by atoms with Gasteiger partial charge < -0.3 is 28.4 Å². The molecule has 0 amide bonds. The summed E-state index contributed by atoms with van der Waals surface area (Å²) in [4.78, 5) is 75.4. The Kier molecular flexibility index (Phi) is 11.6. The van der Waals surface area contributed by atoms with E-state index in [9.17, 15) is 28.8 Å². The fourth-order valence-electron chi connectivity index (χ4n) is 14.7. The van der Waals surface area contributed by atoms with E-state index >= 15 is 0 Å². The second-order valence-electron chi connectivity index (χ2n) is 20.7. The predicted molar refractivity (Wildman–Crippen MR) is 216 cm³/mol. The van der Waals surface area contributed by atoms with Gasteiger partial charge in [0.1, 0.15) is 12.2 Å². The van der Waals surface area contributed by atoms with Gasteiger partial charge in [-0.3, -0.25) is 19.2 Å². The number of hydrogen-bond donors (Lipinski definition) is 0. The summed E-state index contributed by atoms with van der Waals surface area (Å²) in [5.41, 5.74) is 2.45. The monoisotopic (exact) mass is 834 g/mol. The maximum Gasteiger partial charge on any atom is 0.511 e. The van der Waals surface area contributed by atoms with Gasteiger partial charge >= 0.3 is 24.2 Å². The van der Waals surface area contributed by atoms with Crippen LogP contribution >= 0.6 is 0 Å². The second kappa shape index (κ2) is 16.2. The molecule has 0 aliphatic heterocycles. The van der Waals surface area contributed by atoms with Gasteiger partial charge in [-0.15, -0.1) is 0 Å². The molecule has 2 unspecified atom stereocenters. The molecule has 12 heteroatoms. The molecule has 12 nitrogen and oxygen atoms in total. The fourth-order valence-corrected chi connectivity index (χ4v) is 14.7. The van der Waals surface area contributed by atoms with Crippen LogP contribution in [-0.4, -0.2) is 60.6 Å². The van der Waals surface area contributed by atoms with Crippen LogP contribution in [0.5, 0.6) is 0 Å². The Hall–Kier alpha value is -3.70. The Bertz CT molecular complexity index is 1700. The van der Waals surface area contributed by atoms with Gasteiger partial charge in [0.15, 0.2) is 11.6 Å². The van der Waals surface area contributed by atoms with Gasteiger partial charge in [-0.2, -0.15) is 0 Å². The first-order valence-corrected chi connectivity index (χ1v) is 23.0. The van der Waals surface area contributed by atoms with E-state index in [2.05, 4.69) is 27.7 Å². The van der Waals surface area contributed by atoms with Crippen LogP contribution in [0.25, 0.3) is 0 Å². The molecule has 8 aliphatic carbocycles. The summed E-state index contributed by atoms with van der Waals surface area (Å²) in [5.74, 6) is 1.94. The van der Waals surface area contributed by atoms with E-state index in [-0.39, 0.29) is 58.3 Å². The highest BCUT2D eigenvalue weighted by molar-refractivity contribution is 5.92. The number of fused-ring (bicyclic) bond motifs is 10. The summed E-state index contributed by atoms with van der Waals surface area (Å²) >= 11 is 0. The molecule has 60 heavy (non-hydrogen) atoms. The molecule has 0 aromatic carbocycles. The smallest absolute Gasteiger partial charge is 0.430 e. The van der Waals surface area contributed by atoms with Crippen LogP contribution in [0.15, 0.2) is 23.3 Å². The molecule has 8 aliphatic rings. The minimum absolute atomic E-state index is 0.0714. The van der Waals surface area contributed by atoms with Gasteiger partial charge in [-0.05, 0) is 148 Å². The van der Waals surface area contributed by atoms with Gasteiger partial charge in [-0.1, -0.05) is 38.8 Å². The van der Waals surface area contributed by atoms with E-state index in [4.69, 9.17) is 28.4 Å². The highest BCUT2D eigenvalue weighted by Crippen LogP contribution is 2.67. The van der Waals surface area contributed by atoms with Crippen LogP contribution in [0.2, 0.25) is 0 Å². The number of rotatable bonds is 9. The average molecular weight is 835 g/mol. The molecule has 8 rings (SSSR count). The summed E-state index contributed by atoms with van der Waals surface area (Å²) in [5, 5.41) is 0. The lowest BCUT2D eigenvalue weighted by atomic mass is 9.47. The average Bonchev–Trinajstić information content (AvgIpc) is 3.69. The Morgan fingerprint density at radius 1 is 0.533 bits per heavy atom. The first-order chi connectivity index (χ1) is 28.4. The molecule has 14 atom stereocenters. The highest BCUT2D eigenvalue weighted by atomic mass is 16.8. The van der Waals surface area contributed by atoms with Crippen molar-refractivity contribution in [3.63, 3.8) is 0 Å². The lowest BCUT2D eigenvalue weighted by Gasteiger charge is -2.57. The van der Waals surface area contributed by atoms with Gasteiger partial charge in [-0.25, -0.2) is 9.59 Å². The molecule has 0 heterocycles. The molecule has 6 fully saturated rings. The fraction of sp³-hybridized carbons (Fsp3) is 0.792. The highest BCUT2D eigenvalue weighted by Gasteiger charge is 2.62. The topological polar surface area (TPSA) is 158 Å². The van der Waals surface area contributed by atoms with Crippen LogP contribution < -0.4 is 0 Å². The number of carbonyl (C=O) groups is 6. The minimum Gasteiger partial charge on any atom is -0.430 e. The third kappa shape index (κ3) is 7.73. The standard InChI is InChI=1S/C48H66O12/c1-27(57-43(53)59-39-13-11-35-33-9-7-29-25-31(49)17-21-45(29,3)37(33)19-23-47(35,39)5)55-41(51)15-16-42(52)56-28(2)58-44(54)60-40-14-12-36-34-10-8-30-26-32(50)18-22-46(30,4)38(34)20-24-48(36,40)6/h25-28,33-40H,7-24H2,1-6H3/t27?,28?,33-,34-,35-,36-,37-,38-,39-,40-,45-,46-,47-,48-/m0/s1. The van der Waals surface area contributed by atoms with Gasteiger partial charge in [0.05, 0.1) is 12.8 Å². The first kappa shape index (κ1) is 43.0. The van der Waals surface area contributed by atoms with Crippen molar-refractivity contribution in [2.75, 3.05) is 0 Å². The SMILES string of the molecule is CC(OC(=O)CCC(=O)OC(C)OC(=O)O[C@H]1CC[C@H]2[C@@H]3CCC4=CC(=O)CC[C@]4(C)[C@H]3CC[C@]12C)OC(=O)O[C@H]1CC[C@H]2[C@@H]3CCC4=CC(=O)CC[C@]4(C)[C@H]3CC[C@]12C. The summed E-state index contributed by atoms with van der Waals surface area (Å²) in [7, 11) is 0. The zero-order valence-corrected chi connectivity index (χ0v) is 36.6. The third-order valence-electron chi connectivity index (χ3n) is 17.9. The lowest BCUT2D eigenvalue weighted by Crippen LogP contribution is -2.51. The van der Waals surface area contributed by atoms with Crippen LogP contribution in [-0.2, 0) is 47.6 Å². The number of ketones is 2. The van der Waals surface area contributed by atoms with E-state index in [0.29, 0.717) is 48.3 Å². The molecule has 330 valence electrons. The maximum atomic E-state index is 12.9. The molecule has 0 saturated heterocycles. The van der Waals surface area contributed by atoms with E-state index in [0.717, 1.165) is 89.9 Å². The van der Waals surface area contributed by atoms with Gasteiger partial charge in [0.25, 0.3) is 0 Å². The molecule has 0 aromatic rings. The van der Waals surface area contributed by atoms with Gasteiger partial charge in [0, 0.05) is 37.5 Å². The Morgan fingerprint density at radius 2 is 0.933 bits per heavy atom. The van der Waals surface area contributed by atoms with E-state index in [1.54, 1.807) is 0 Å². The Morgan fingerprint density at radius 3 is 1.33 bits per heavy atom. The number of carbonyl (C=O) groups excluding carboxylic acids is 6. The molecule has 6 saturated carbocycles. The summed E-state index contributed by atoms with van der Waals surface area (Å²) in [6.45, 7) is 12.0. The summed E-state index contributed by atoms with van der Waals surface area (Å²) < 4.78 is 33.0. The van der Waals surface area contributed by atoms with Crippen molar-refractivity contribution in [2.24, 2.45) is 57.2 Å². The molecule has 0 aromatic heterocycles. The van der Waals surface area contributed by atoms with Crippen LogP contribution in [0.3, 0.4) is 0 Å². The lowest BCUT2D eigenvalue weighted by molar-refractivity contribution is -0.178. The molecular formula is C48H66O12. The van der Waals surface area contributed by atoms with Crippen molar-refractivity contribution < 1.29 is 57.2 Å². The predicted octanol–water partition coefficient (Wildman–Crippen LogP) is 9.65. The van der Waals surface area contributed by atoms with E-state index < -0.39 is 36.8 Å². The second-order valence-corrected chi connectivity index (χ2v) is 20.7. The summed E-state index contributed by atoms with van der Waals surface area (Å²) in [6, 6.07) is 0. The number of esters is 2. The quantitative estimate of drug-likeness (QED) is 0.123. The van der Waals surface area contributed by atoms with Crippen LogP contribution in [0.4, 0.5) is 9.59 Å². The number of hydrogen-bond acceptors (Lipinski definition) is 12. The van der Waals surface area contributed by atoms with E-state index in [1.165, 1.54) is 25.0 Å². The molecule has 0 radical (unpaired) electrons. The number of ether oxygens (including phenoxy) is 6. The normalized spacial score (nSPS) is 41.2. The van der Waals surface area contributed by atoms with Gasteiger partial charge in [0.2, 0.25) is 12.6 Å². The largest absolute Gasteiger partial charge is 0.511 e. The minimum atomic E-state index is -1.23. The molecule has 0 N–H and O–H groups in total. The van der Waals surface area contributed by atoms with Crippen molar-refractivity contribution in [1.82, 2.24) is 0 Å². The van der Waals surface area contributed by atoms with Crippen LogP contribution in [0, 0.1) is 57.2 Å². The summed E-state index contributed by atoms with van der Waals surface area (Å²) in [6.07, 6.45) is 12.8. The first-order valence-electron chi connectivity index (χ1n) is 23.0. The maximum absolute atomic E-state index is 12.9. The Balaban J connectivity index is 0.736. The Labute approximate surface area is 354 Å². The van der Waals surface area contributed by atoms with Crippen molar-refractivity contribution >= 4 is 35.8 Å². The van der Waals surface area contributed by atoms with Crippen molar-refractivity contribution in [3.8, 4) is 0 Å². The van der Waals surface area contributed by atoms with Crippen LogP contribution in [0.1, 0.15) is 157 Å². The molecular weight excluding hydrogens is 769 g/mol. The molecule has 0 spiro atoms. The zero-order chi connectivity index (χ0) is 42.8. The van der Waals surface area contributed by atoms with Crippen molar-refractivity contribution in [1.29, 1.82) is 0 Å². The van der Waals surface area contributed by atoms with Crippen molar-refractivity contribution in [3.05, 3.63) is 23.3 Å². The number of allylic oxidation sites excluding steroid dienone is 2. The molecule has 0 bridgehead atoms. The zero-order valence-electron chi connectivity index (χ0n) is 36.6.